The second-order valence-electron chi connectivity index (χ2n) is 7.83. The molecule has 0 bridgehead atoms. The van der Waals surface area contributed by atoms with Gasteiger partial charge in [-0.15, -0.1) is 0 Å². The van der Waals surface area contributed by atoms with Gasteiger partial charge in [0, 0.05) is 31.9 Å². The number of sulfonamides is 1. The number of rotatable bonds is 5. The molecule has 2 N–H and O–H groups in total. The number of thiocarbonyl (C=S) groups is 1. The van der Waals surface area contributed by atoms with Crippen LogP contribution in [-0.2, 0) is 14.8 Å². The van der Waals surface area contributed by atoms with Gasteiger partial charge in [-0.25, -0.2) is 12.8 Å². The lowest BCUT2D eigenvalue weighted by molar-refractivity contribution is 0.0730. The number of hydrogen-bond donors (Lipinski definition) is 2. The van der Waals surface area contributed by atoms with Gasteiger partial charge < -0.3 is 20.3 Å². The number of nitrogens with zero attached hydrogens (tertiary/aromatic N) is 2. The number of hydrogen-bond acceptors (Lipinski definition) is 5. The summed E-state index contributed by atoms with van der Waals surface area (Å²) in [6.07, 6.45) is 3.37. The molecule has 2 aromatic rings. The monoisotopic (exact) mass is 478 g/mol. The van der Waals surface area contributed by atoms with Gasteiger partial charge >= 0.3 is 0 Å². The van der Waals surface area contributed by atoms with Gasteiger partial charge in [-0.1, -0.05) is 0 Å². The van der Waals surface area contributed by atoms with Crippen molar-refractivity contribution >= 4 is 44.4 Å². The van der Waals surface area contributed by atoms with Crippen LogP contribution in [0.15, 0.2) is 47.4 Å². The minimum atomic E-state index is -3.64. The summed E-state index contributed by atoms with van der Waals surface area (Å²) in [6.45, 7) is 3.27. The molecule has 2 aromatic carbocycles. The highest BCUT2D eigenvalue weighted by Gasteiger charge is 2.28. The molecule has 0 spiro atoms. The van der Waals surface area contributed by atoms with Crippen LogP contribution in [0.4, 0.5) is 21.5 Å². The minimum Gasteiger partial charge on any atom is -0.379 e. The number of piperidine rings is 1. The molecule has 0 amide bonds. The Kier molecular flexibility index (Phi) is 7.24. The molecule has 172 valence electrons. The molecule has 7 nitrogen and oxygen atoms in total. The van der Waals surface area contributed by atoms with Crippen molar-refractivity contribution in [3.8, 4) is 0 Å². The van der Waals surface area contributed by atoms with Gasteiger partial charge in [-0.05, 0) is 73.9 Å². The quantitative estimate of drug-likeness (QED) is 0.636. The zero-order chi connectivity index (χ0) is 22.6. The maximum atomic E-state index is 13.2. The molecule has 0 saturated carbocycles. The third-order valence-electron chi connectivity index (χ3n) is 5.62. The lowest BCUT2D eigenvalue weighted by atomic mass is 10.1. The number of morpholine rings is 1. The van der Waals surface area contributed by atoms with Crippen molar-refractivity contribution in [2.24, 2.45) is 0 Å². The fourth-order valence-electron chi connectivity index (χ4n) is 3.94. The molecule has 2 aliphatic rings. The van der Waals surface area contributed by atoms with Crippen molar-refractivity contribution < 1.29 is 17.5 Å². The molecular formula is C22H27FN4O3S2. The number of benzene rings is 2. The number of nitrogens with one attached hydrogen (secondary N) is 2. The Hall–Kier alpha value is -2.27. The van der Waals surface area contributed by atoms with Crippen molar-refractivity contribution in [2.45, 2.75) is 24.2 Å². The van der Waals surface area contributed by atoms with Crippen molar-refractivity contribution in [1.82, 2.24) is 4.31 Å². The van der Waals surface area contributed by atoms with Crippen LogP contribution in [0.2, 0.25) is 0 Å². The predicted octanol–water partition coefficient (Wildman–Crippen LogP) is 3.65. The number of halogens is 1. The van der Waals surface area contributed by atoms with Crippen molar-refractivity contribution in [2.75, 3.05) is 54.9 Å². The Balaban J connectivity index is 1.61. The van der Waals surface area contributed by atoms with Gasteiger partial charge in [-0.2, -0.15) is 4.31 Å². The zero-order valence-corrected chi connectivity index (χ0v) is 19.4. The standard InChI is InChI=1S/C22H27FN4O3S2/c23-17-4-6-18(7-5-17)24-22(31)25-20-16-19(32(28,29)27-12-14-30-15-13-27)8-9-21(20)26-10-2-1-3-11-26/h4-9,16H,1-3,10-15H2,(H2,24,25,31). The summed E-state index contributed by atoms with van der Waals surface area (Å²) >= 11 is 5.46. The highest BCUT2D eigenvalue weighted by atomic mass is 32.2. The zero-order valence-electron chi connectivity index (χ0n) is 17.7. The van der Waals surface area contributed by atoms with E-state index >= 15 is 0 Å². The van der Waals surface area contributed by atoms with Gasteiger partial charge in [0.2, 0.25) is 10.0 Å². The van der Waals surface area contributed by atoms with Crippen molar-refractivity contribution in [1.29, 1.82) is 0 Å². The molecule has 0 aliphatic carbocycles. The lowest BCUT2D eigenvalue weighted by Gasteiger charge is -2.31. The molecule has 2 heterocycles. The second-order valence-corrected chi connectivity index (χ2v) is 10.2. The molecule has 0 unspecified atom stereocenters. The SMILES string of the molecule is O=S(=O)(c1ccc(N2CCCCC2)c(NC(=S)Nc2ccc(F)cc2)c1)N1CCOCC1. The molecule has 0 radical (unpaired) electrons. The van der Waals surface area contributed by atoms with Crippen LogP contribution < -0.4 is 15.5 Å². The van der Waals surface area contributed by atoms with E-state index in [1.807, 2.05) is 6.07 Å². The maximum absolute atomic E-state index is 13.2. The van der Waals surface area contributed by atoms with Gasteiger partial charge in [0.25, 0.3) is 0 Å². The number of anilines is 3. The van der Waals surface area contributed by atoms with E-state index < -0.39 is 10.0 Å². The first-order chi connectivity index (χ1) is 15.4. The Labute approximate surface area is 193 Å². The maximum Gasteiger partial charge on any atom is 0.243 e. The van der Waals surface area contributed by atoms with Gasteiger partial charge in [0.1, 0.15) is 5.82 Å². The van der Waals surface area contributed by atoms with E-state index in [2.05, 4.69) is 15.5 Å². The summed E-state index contributed by atoms with van der Waals surface area (Å²) in [6, 6.07) is 11.0. The molecule has 2 saturated heterocycles. The Morgan fingerprint density at radius 1 is 0.938 bits per heavy atom. The third kappa shape index (κ3) is 5.37. The van der Waals surface area contributed by atoms with Crippen molar-refractivity contribution in [3.05, 3.63) is 48.3 Å². The Morgan fingerprint density at radius 3 is 2.31 bits per heavy atom. The lowest BCUT2D eigenvalue weighted by Crippen LogP contribution is -2.40. The summed E-state index contributed by atoms with van der Waals surface area (Å²) in [5, 5.41) is 6.49. The largest absolute Gasteiger partial charge is 0.379 e. The predicted molar refractivity (Wildman–Crippen MR) is 128 cm³/mol. The van der Waals surface area contributed by atoms with Gasteiger partial charge in [0.15, 0.2) is 5.11 Å². The van der Waals surface area contributed by atoms with Crippen LogP contribution in [0.3, 0.4) is 0 Å². The first-order valence-electron chi connectivity index (χ1n) is 10.7. The summed E-state index contributed by atoms with van der Waals surface area (Å²) in [4.78, 5) is 2.46. The first-order valence-corrected chi connectivity index (χ1v) is 12.6. The fourth-order valence-corrected chi connectivity index (χ4v) is 5.60. The highest BCUT2D eigenvalue weighted by Crippen LogP contribution is 2.32. The summed E-state index contributed by atoms with van der Waals surface area (Å²) in [7, 11) is -3.64. The highest BCUT2D eigenvalue weighted by molar-refractivity contribution is 7.89. The smallest absolute Gasteiger partial charge is 0.243 e. The molecule has 2 aliphatic heterocycles. The van der Waals surface area contributed by atoms with Crippen LogP contribution in [-0.4, -0.2) is 57.2 Å². The Morgan fingerprint density at radius 2 is 1.62 bits per heavy atom. The van der Waals surface area contributed by atoms with Crippen LogP contribution in [0.1, 0.15) is 19.3 Å². The second kappa shape index (κ2) is 10.1. The summed E-state index contributed by atoms with van der Waals surface area (Å²) in [5.41, 5.74) is 2.18. The topological polar surface area (TPSA) is 73.9 Å². The molecule has 4 rings (SSSR count). The van der Waals surface area contributed by atoms with Crippen LogP contribution >= 0.6 is 12.2 Å². The van der Waals surface area contributed by atoms with E-state index in [1.165, 1.54) is 22.9 Å². The van der Waals surface area contributed by atoms with Crippen LogP contribution in [0.5, 0.6) is 0 Å². The molecular weight excluding hydrogens is 451 g/mol. The van der Waals surface area contributed by atoms with Crippen LogP contribution in [0, 0.1) is 5.82 Å². The molecule has 32 heavy (non-hydrogen) atoms. The van der Waals surface area contributed by atoms with Crippen molar-refractivity contribution in [3.63, 3.8) is 0 Å². The van der Waals surface area contributed by atoms with E-state index in [-0.39, 0.29) is 10.7 Å². The first kappa shape index (κ1) is 22.9. The van der Waals surface area contributed by atoms with Gasteiger partial charge in [-0.3, -0.25) is 0 Å². The third-order valence-corrected chi connectivity index (χ3v) is 7.72. The average Bonchev–Trinajstić information content (AvgIpc) is 2.81. The molecule has 2 fully saturated rings. The minimum absolute atomic E-state index is 0.215. The molecule has 10 heteroatoms. The van der Waals surface area contributed by atoms with E-state index in [4.69, 9.17) is 17.0 Å². The average molecular weight is 479 g/mol. The van der Waals surface area contributed by atoms with Gasteiger partial charge in [0.05, 0.1) is 29.5 Å². The summed E-state index contributed by atoms with van der Waals surface area (Å²) in [5.74, 6) is -0.331. The van der Waals surface area contributed by atoms with E-state index in [0.717, 1.165) is 31.6 Å². The van der Waals surface area contributed by atoms with E-state index in [9.17, 15) is 12.8 Å². The van der Waals surface area contributed by atoms with E-state index in [0.29, 0.717) is 42.8 Å². The fraction of sp³-hybridized carbons (Fsp3) is 0.409. The number of ether oxygens (including phenoxy) is 1. The normalized spacial score (nSPS) is 17.7. The molecule has 0 aromatic heterocycles. The van der Waals surface area contributed by atoms with E-state index in [1.54, 1.807) is 24.3 Å². The molecule has 0 atom stereocenters. The Bertz CT molecular complexity index is 1050. The van der Waals surface area contributed by atoms with Crippen LogP contribution in [0.25, 0.3) is 0 Å². The summed E-state index contributed by atoms with van der Waals surface area (Å²) < 4.78 is 46.3.